The SMILES string of the molecule is CCCNc1cc(N2CCOC(C#N)C2)nc(C2CC2)n1. The van der Waals surface area contributed by atoms with E-state index in [-0.39, 0.29) is 6.10 Å². The highest BCUT2D eigenvalue weighted by atomic mass is 16.5. The number of hydrogen-bond acceptors (Lipinski definition) is 6. The van der Waals surface area contributed by atoms with Crippen molar-refractivity contribution in [2.24, 2.45) is 0 Å². The lowest BCUT2D eigenvalue weighted by atomic mass is 10.3. The molecule has 1 aromatic rings. The molecule has 3 rings (SSSR count). The van der Waals surface area contributed by atoms with Gasteiger partial charge in [-0.15, -0.1) is 0 Å². The number of nitrogens with zero attached hydrogens (tertiary/aromatic N) is 4. The number of nitrogens with one attached hydrogen (secondary N) is 1. The fourth-order valence-corrected chi connectivity index (χ4v) is 2.42. The van der Waals surface area contributed by atoms with Crippen molar-refractivity contribution in [3.05, 3.63) is 11.9 Å². The van der Waals surface area contributed by atoms with Gasteiger partial charge >= 0.3 is 0 Å². The van der Waals surface area contributed by atoms with E-state index in [1.54, 1.807) is 0 Å². The summed E-state index contributed by atoms with van der Waals surface area (Å²) in [5.74, 6) is 3.25. The normalized spacial score (nSPS) is 21.9. The summed E-state index contributed by atoms with van der Waals surface area (Å²) < 4.78 is 5.40. The highest BCUT2D eigenvalue weighted by Crippen LogP contribution is 2.39. The minimum Gasteiger partial charge on any atom is -0.370 e. The zero-order chi connectivity index (χ0) is 14.7. The third kappa shape index (κ3) is 3.42. The first kappa shape index (κ1) is 14.1. The molecule has 1 aliphatic carbocycles. The molecule has 0 radical (unpaired) electrons. The van der Waals surface area contributed by atoms with Crippen molar-refractivity contribution in [1.29, 1.82) is 5.26 Å². The molecular weight excluding hydrogens is 266 g/mol. The van der Waals surface area contributed by atoms with Crippen LogP contribution in [0.25, 0.3) is 0 Å². The van der Waals surface area contributed by atoms with Crippen LogP contribution in [0, 0.1) is 11.3 Å². The maximum atomic E-state index is 9.03. The molecule has 1 aliphatic heterocycles. The molecule has 0 spiro atoms. The Bertz CT molecular complexity index is 537. The van der Waals surface area contributed by atoms with E-state index in [1.807, 2.05) is 6.07 Å². The summed E-state index contributed by atoms with van der Waals surface area (Å²) in [5, 5.41) is 12.4. The monoisotopic (exact) mass is 287 g/mol. The number of ether oxygens (including phenoxy) is 1. The van der Waals surface area contributed by atoms with E-state index in [1.165, 1.54) is 12.8 Å². The Kier molecular flexibility index (Phi) is 4.20. The second-order valence-corrected chi connectivity index (χ2v) is 5.61. The molecule has 6 nitrogen and oxygen atoms in total. The van der Waals surface area contributed by atoms with Gasteiger partial charge in [0, 0.05) is 25.1 Å². The number of nitriles is 1. The van der Waals surface area contributed by atoms with Crippen LogP contribution in [0.5, 0.6) is 0 Å². The first-order valence-electron chi connectivity index (χ1n) is 7.69. The molecule has 1 atom stereocenters. The van der Waals surface area contributed by atoms with Crippen molar-refractivity contribution in [2.45, 2.75) is 38.2 Å². The molecule has 0 aromatic carbocycles. The van der Waals surface area contributed by atoms with E-state index >= 15 is 0 Å². The standard InChI is InChI=1S/C15H21N5O/c1-2-5-17-13-8-14(19-15(18-13)11-3-4-11)20-6-7-21-12(9-16)10-20/h8,11-12H,2-7,10H2,1H3,(H,17,18,19). The van der Waals surface area contributed by atoms with Crippen LogP contribution in [0.4, 0.5) is 11.6 Å². The third-order valence-electron chi connectivity index (χ3n) is 3.76. The summed E-state index contributed by atoms with van der Waals surface area (Å²) in [6, 6.07) is 4.17. The van der Waals surface area contributed by atoms with Crippen molar-refractivity contribution in [3.63, 3.8) is 0 Å². The summed E-state index contributed by atoms with van der Waals surface area (Å²) >= 11 is 0. The predicted molar refractivity (Wildman–Crippen MR) is 80.4 cm³/mol. The van der Waals surface area contributed by atoms with Crippen LogP contribution in [-0.2, 0) is 4.74 Å². The van der Waals surface area contributed by atoms with Crippen LogP contribution in [0.3, 0.4) is 0 Å². The van der Waals surface area contributed by atoms with Gasteiger partial charge in [0.1, 0.15) is 17.5 Å². The molecule has 2 heterocycles. The molecule has 112 valence electrons. The summed E-state index contributed by atoms with van der Waals surface area (Å²) in [4.78, 5) is 11.5. The molecule has 1 saturated carbocycles. The van der Waals surface area contributed by atoms with Crippen LogP contribution >= 0.6 is 0 Å². The predicted octanol–water partition coefficient (Wildman–Crippen LogP) is 1.90. The first-order chi connectivity index (χ1) is 10.3. The molecule has 2 fully saturated rings. The quantitative estimate of drug-likeness (QED) is 0.891. The Hall–Kier alpha value is -1.87. The van der Waals surface area contributed by atoms with E-state index in [9.17, 15) is 0 Å². The number of morpholine rings is 1. The molecule has 1 N–H and O–H groups in total. The maximum absolute atomic E-state index is 9.03. The third-order valence-corrected chi connectivity index (χ3v) is 3.76. The van der Waals surface area contributed by atoms with Gasteiger partial charge in [0.25, 0.3) is 0 Å². The molecule has 1 aromatic heterocycles. The molecule has 6 heteroatoms. The number of anilines is 2. The highest BCUT2D eigenvalue weighted by Gasteiger charge is 2.29. The molecule has 21 heavy (non-hydrogen) atoms. The van der Waals surface area contributed by atoms with Gasteiger partial charge in [0.2, 0.25) is 0 Å². The highest BCUT2D eigenvalue weighted by molar-refractivity contribution is 5.50. The topological polar surface area (TPSA) is 74.1 Å². The second kappa shape index (κ2) is 6.27. The van der Waals surface area contributed by atoms with Gasteiger partial charge in [0.15, 0.2) is 6.10 Å². The molecule has 0 bridgehead atoms. The van der Waals surface area contributed by atoms with Crippen molar-refractivity contribution in [3.8, 4) is 6.07 Å². The van der Waals surface area contributed by atoms with E-state index in [0.29, 0.717) is 19.1 Å². The first-order valence-corrected chi connectivity index (χ1v) is 7.69. The van der Waals surface area contributed by atoms with E-state index in [2.05, 4.69) is 28.2 Å². The van der Waals surface area contributed by atoms with Crippen molar-refractivity contribution >= 4 is 11.6 Å². The average molecular weight is 287 g/mol. The zero-order valence-electron chi connectivity index (χ0n) is 12.4. The number of hydrogen-bond donors (Lipinski definition) is 1. The van der Waals surface area contributed by atoms with Crippen LogP contribution in [0.2, 0.25) is 0 Å². The summed E-state index contributed by atoms with van der Waals surface area (Å²) in [6.45, 7) is 4.96. The summed E-state index contributed by atoms with van der Waals surface area (Å²) in [6.07, 6.45) is 3.05. The lowest BCUT2D eigenvalue weighted by Crippen LogP contribution is -2.42. The Morgan fingerprint density at radius 2 is 2.33 bits per heavy atom. The van der Waals surface area contributed by atoms with Crippen molar-refractivity contribution in [2.75, 3.05) is 36.5 Å². The molecule has 1 saturated heterocycles. The Balaban J connectivity index is 1.82. The van der Waals surface area contributed by atoms with Gasteiger partial charge in [-0.1, -0.05) is 6.92 Å². The largest absolute Gasteiger partial charge is 0.370 e. The van der Waals surface area contributed by atoms with Gasteiger partial charge in [-0.3, -0.25) is 0 Å². The number of rotatable bonds is 5. The van der Waals surface area contributed by atoms with Gasteiger partial charge < -0.3 is 15.0 Å². The lowest BCUT2D eigenvalue weighted by Gasteiger charge is -2.31. The summed E-state index contributed by atoms with van der Waals surface area (Å²) in [7, 11) is 0. The Morgan fingerprint density at radius 1 is 1.48 bits per heavy atom. The molecular formula is C15H21N5O. The van der Waals surface area contributed by atoms with Gasteiger partial charge in [-0.2, -0.15) is 5.26 Å². The smallest absolute Gasteiger partial charge is 0.161 e. The minimum absolute atomic E-state index is 0.370. The van der Waals surface area contributed by atoms with Crippen molar-refractivity contribution in [1.82, 2.24) is 9.97 Å². The zero-order valence-corrected chi connectivity index (χ0v) is 12.4. The van der Waals surface area contributed by atoms with E-state index < -0.39 is 0 Å². The minimum atomic E-state index is -0.370. The van der Waals surface area contributed by atoms with E-state index in [4.69, 9.17) is 15.0 Å². The lowest BCUT2D eigenvalue weighted by molar-refractivity contribution is 0.0761. The van der Waals surface area contributed by atoms with Gasteiger partial charge in [-0.25, -0.2) is 9.97 Å². The second-order valence-electron chi connectivity index (χ2n) is 5.61. The molecule has 2 aliphatic rings. The average Bonchev–Trinajstić information content (AvgIpc) is 3.37. The maximum Gasteiger partial charge on any atom is 0.161 e. The molecule has 0 amide bonds. The molecule has 1 unspecified atom stereocenters. The van der Waals surface area contributed by atoms with E-state index in [0.717, 1.165) is 37.0 Å². The Morgan fingerprint density at radius 3 is 3.05 bits per heavy atom. The fourth-order valence-electron chi connectivity index (χ4n) is 2.42. The number of aromatic nitrogens is 2. The Labute approximate surface area is 125 Å². The van der Waals surface area contributed by atoms with Crippen molar-refractivity contribution < 1.29 is 4.74 Å². The van der Waals surface area contributed by atoms with Crippen LogP contribution < -0.4 is 10.2 Å². The fraction of sp³-hybridized carbons (Fsp3) is 0.667. The summed E-state index contributed by atoms with van der Waals surface area (Å²) in [5.41, 5.74) is 0. The van der Waals surface area contributed by atoms with Gasteiger partial charge in [-0.05, 0) is 19.3 Å². The van der Waals surface area contributed by atoms with Crippen LogP contribution in [-0.4, -0.2) is 42.3 Å². The van der Waals surface area contributed by atoms with Gasteiger partial charge in [0.05, 0.1) is 19.2 Å². The van der Waals surface area contributed by atoms with Crippen LogP contribution in [0.1, 0.15) is 37.9 Å². The van der Waals surface area contributed by atoms with Crippen LogP contribution in [0.15, 0.2) is 6.07 Å².